The Kier molecular flexibility index (Phi) is 17.2. The van der Waals surface area contributed by atoms with Crippen LogP contribution in [0, 0.1) is 17.3 Å². The zero-order valence-corrected chi connectivity index (χ0v) is 35.9. The van der Waals surface area contributed by atoms with Crippen LogP contribution in [-0.4, -0.2) is 61.9 Å². The van der Waals surface area contributed by atoms with Crippen molar-refractivity contribution in [1.82, 2.24) is 4.98 Å². The van der Waals surface area contributed by atoms with Gasteiger partial charge in [-0.3, -0.25) is 14.6 Å². The number of hydrogen-bond donors (Lipinski definition) is 2. The highest BCUT2D eigenvalue weighted by molar-refractivity contribution is 6.74. The summed E-state index contributed by atoms with van der Waals surface area (Å²) >= 11 is 0. The van der Waals surface area contributed by atoms with E-state index in [0.29, 0.717) is 12.1 Å². The lowest BCUT2D eigenvalue weighted by Gasteiger charge is -2.47. The summed E-state index contributed by atoms with van der Waals surface area (Å²) in [7, 11) is -4.71. The topological polar surface area (TPSA) is 106 Å². The van der Waals surface area contributed by atoms with Crippen LogP contribution >= 0.6 is 0 Å². The first-order valence-electron chi connectivity index (χ1n) is 18.4. The SMILES string of the molecule is CC[C@@H](C(=O)C(C)(C)[C@H](CC(=O)O)O[Si](C)(C)C(C)(C)C)[C@@H](O[Si](C)(C)C(C)(C)C)[C@@H](C)CCC/C(C)=C\C[C@H](O)/C(F)=C/c1ccccn1. The normalized spacial score (nSPS) is 17.2. The lowest BCUT2D eigenvalue weighted by atomic mass is 9.71. The number of nitrogens with zero attached hydrogens (tertiary/aromatic N) is 1. The van der Waals surface area contributed by atoms with Crippen LogP contribution in [0.25, 0.3) is 6.08 Å². The molecule has 7 nitrogen and oxygen atoms in total. The number of aliphatic hydroxyl groups excluding tert-OH is 1. The number of aliphatic carboxylic acids is 1. The average Bonchev–Trinajstić information content (AvgIpc) is 2.98. The molecule has 2 N–H and O–H groups in total. The zero-order chi connectivity index (χ0) is 38.9. The van der Waals surface area contributed by atoms with Gasteiger partial charge in [-0.05, 0) is 99.4 Å². The fraction of sp³-hybridized carbons (Fsp3) is 0.725. The van der Waals surface area contributed by atoms with Crippen LogP contribution < -0.4 is 0 Å². The number of aromatic nitrogens is 1. The molecule has 0 spiro atoms. The molecular formula is C40H70FNO6Si2. The van der Waals surface area contributed by atoms with Gasteiger partial charge in [-0.25, -0.2) is 4.39 Å². The number of carbonyl (C=O) groups is 2. The molecule has 0 amide bonds. The highest BCUT2D eigenvalue weighted by Gasteiger charge is 2.50. The molecule has 0 radical (unpaired) electrons. The van der Waals surface area contributed by atoms with E-state index in [1.807, 2.05) is 33.8 Å². The van der Waals surface area contributed by atoms with Crippen molar-refractivity contribution in [3.05, 3.63) is 47.6 Å². The van der Waals surface area contributed by atoms with Gasteiger partial charge in [-0.2, -0.15) is 0 Å². The van der Waals surface area contributed by atoms with E-state index < -0.39 is 52.0 Å². The van der Waals surface area contributed by atoms with E-state index in [-0.39, 0.29) is 40.7 Å². The van der Waals surface area contributed by atoms with Gasteiger partial charge in [0.15, 0.2) is 16.6 Å². The number of hydrogen-bond acceptors (Lipinski definition) is 6. The molecule has 1 rings (SSSR count). The number of ketones is 1. The lowest BCUT2D eigenvalue weighted by Crippen LogP contribution is -2.54. The van der Waals surface area contributed by atoms with Gasteiger partial charge in [-0.15, -0.1) is 0 Å². The van der Waals surface area contributed by atoms with Crippen LogP contribution in [0.5, 0.6) is 0 Å². The molecule has 0 saturated carbocycles. The van der Waals surface area contributed by atoms with E-state index in [1.54, 1.807) is 24.4 Å². The van der Waals surface area contributed by atoms with E-state index >= 15 is 0 Å². The van der Waals surface area contributed by atoms with Gasteiger partial charge in [0.2, 0.25) is 0 Å². The number of pyridine rings is 1. The first kappa shape index (κ1) is 46.0. The lowest BCUT2D eigenvalue weighted by molar-refractivity contribution is -0.147. The van der Waals surface area contributed by atoms with Crippen LogP contribution in [0.3, 0.4) is 0 Å². The van der Waals surface area contributed by atoms with Crippen LogP contribution in [-0.2, 0) is 18.4 Å². The smallest absolute Gasteiger partial charge is 0.305 e. The third-order valence-corrected chi connectivity index (χ3v) is 20.2. The molecule has 0 aliphatic rings. The van der Waals surface area contributed by atoms with E-state index in [9.17, 15) is 24.2 Å². The highest BCUT2D eigenvalue weighted by atomic mass is 28.4. The van der Waals surface area contributed by atoms with Gasteiger partial charge in [0.25, 0.3) is 0 Å². The predicted molar refractivity (Wildman–Crippen MR) is 210 cm³/mol. The Balaban J connectivity index is 3.28. The van der Waals surface area contributed by atoms with Crippen LogP contribution in [0.2, 0.25) is 36.3 Å². The molecule has 0 saturated heterocycles. The molecule has 1 aromatic rings. The van der Waals surface area contributed by atoms with Gasteiger partial charge in [0, 0.05) is 17.5 Å². The second-order valence-corrected chi connectivity index (χ2v) is 27.4. The molecule has 0 fully saturated rings. The maximum absolute atomic E-state index is 14.7. The summed E-state index contributed by atoms with van der Waals surface area (Å²) < 4.78 is 28.4. The summed E-state index contributed by atoms with van der Waals surface area (Å²) in [6.45, 7) is 31.4. The zero-order valence-electron chi connectivity index (χ0n) is 33.9. The minimum atomic E-state index is -2.40. The van der Waals surface area contributed by atoms with Gasteiger partial charge in [-0.1, -0.05) is 87.0 Å². The Morgan fingerprint density at radius 2 is 1.54 bits per heavy atom. The molecule has 0 bridgehead atoms. The van der Waals surface area contributed by atoms with Crippen molar-refractivity contribution in [1.29, 1.82) is 0 Å². The van der Waals surface area contributed by atoms with Crippen LogP contribution in [0.15, 0.2) is 41.9 Å². The quantitative estimate of drug-likeness (QED) is 0.101. The van der Waals surface area contributed by atoms with Gasteiger partial charge < -0.3 is 19.1 Å². The maximum Gasteiger partial charge on any atom is 0.305 e. The van der Waals surface area contributed by atoms with Crippen molar-refractivity contribution in [2.75, 3.05) is 0 Å². The monoisotopic (exact) mass is 735 g/mol. The third kappa shape index (κ3) is 13.5. The highest BCUT2D eigenvalue weighted by Crippen LogP contribution is 2.44. The minimum Gasteiger partial charge on any atom is -0.481 e. The number of carboxylic acid groups (broad SMARTS) is 1. The molecule has 286 valence electrons. The van der Waals surface area contributed by atoms with E-state index in [1.165, 1.54) is 6.08 Å². The summed E-state index contributed by atoms with van der Waals surface area (Å²) in [6, 6.07) is 5.21. The Bertz CT molecular complexity index is 1300. The average molecular weight is 736 g/mol. The van der Waals surface area contributed by atoms with Crippen molar-refractivity contribution in [3.63, 3.8) is 0 Å². The number of allylic oxidation sites excluding steroid dienone is 1. The molecule has 0 unspecified atom stereocenters. The van der Waals surface area contributed by atoms with E-state index in [4.69, 9.17) is 8.85 Å². The number of Topliss-reactive ketones (excluding diaryl/α,β-unsaturated/α-hetero) is 1. The van der Waals surface area contributed by atoms with Gasteiger partial charge in [0.05, 0.1) is 24.3 Å². The first-order valence-corrected chi connectivity index (χ1v) is 24.2. The summed E-state index contributed by atoms with van der Waals surface area (Å²) in [5.41, 5.74) is 0.470. The summed E-state index contributed by atoms with van der Waals surface area (Å²) in [5.74, 6) is -2.00. The second kappa shape index (κ2) is 18.7. The molecule has 0 aromatic carbocycles. The van der Waals surface area contributed by atoms with Crippen LogP contribution in [0.4, 0.5) is 4.39 Å². The molecule has 50 heavy (non-hydrogen) atoms. The minimum absolute atomic E-state index is 0.00799. The van der Waals surface area contributed by atoms with Gasteiger partial charge in [0.1, 0.15) is 17.7 Å². The van der Waals surface area contributed by atoms with Crippen molar-refractivity contribution in [3.8, 4) is 0 Å². The van der Waals surface area contributed by atoms with Crippen molar-refractivity contribution in [2.45, 2.75) is 169 Å². The molecule has 1 heterocycles. The predicted octanol–water partition coefficient (Wildman–Crippen LogP) is 10.8. The Labute approximate surface area is 305 Å². The summed E-state index contributed by atoms with van der Waals surface area (Å²) in [4.78, 5) is 31.0. The standard InChI is InChI=1S/C40H70FNO6Si2/c1-16-31(37(46)40(10,11)34(27-35(44)45)47-49(12,13)38(4,5)6)36(48-50(14,15)39(7,8)9)29(3)21-19-20-28(2)23-24-33(43)32(41)26-30-22-17-18-25-42-30/h17-18,22-23,25-26,29,31,33-34,36,43H,16,19-21,24,27H2,1-15H3,(H,44,45)/b28-23-,32-26-/t29-,31+,33-,34-,36-/m0/s1. The number of rotatable bonds is 20. The summed E-state index contributed by atoms with van der Waals surface area (Å²) in [5, 5.41) is 20.1. The van der Waals surface area contributed by atoms with Gasteiger partial charge >= 0.3 is 5.97 Å². The number of carbonyl (C=O) groups excluding carboxylic acids is 1. The number of aliphatic hydroxyl groups is 1. The molecule has 0 aliphatic heterocycles. The molecule has 10 heteroatoms. The van der Waals surface area contributed by atoms with Crippen LogP contribution in [0.1, 0.15) is 120 Å². The molecule has 1 aromatic heterocycles. The largest absolute Gasteiger partial charge is 0.481 e. The molecule has 0 aliphatic carbocycles. The Hall–Kier alpha value is -1.99. The number of carboxylic acids is 1. The fourth-order valence-corrected chi connectivity index (χ4v) is 8.42. The summed E-state index contributed by atoms with van der Waals surface area (Å²) in [6.07, 6.45) is 5.30. The van der Waals surface area contributed by atoms with E-state index in [2.05, 4.69) is 79.6 Å². The van der Waals surface area contributed by atoms with Crippen molar-refractivity contribution >= 4 is 34.5 Å². The fourth-order valence-electron chi connectivity index (χ4n) is 5.54. The van der Waals surface area contributed by atoms with E-state index in [0.717, 1.165) is 24.8 Å². The Morgan fingerprint density at radius 3 is 2.02 bits per heavy atom. The third-order valence-electron chi connectivity index (χ3n) is 11.2. The second-order valence-electron chi connectivity index (χ2n) is 17.9. The van der Waals surface area contributed by atoms with Crippen molar-refractivity contribution < 1.29 is 33.0 Å². The number of halogens is 1. The maximum atomic E-state index is 14.7. The van der Waals surface area contributed by atoms with Crippen molar-refractivity contribution in [2.24, 2.45) is 17.3 Å². The first-order chi connectivity index (χ1) is 22.7. The molecule has 5 atom stereocenters. The molecular weight excluding hydrogens is 666 g/mol. The Morgan fingerprint density at radius 1 is 0.980 bits per heavy atom.